The summed E-state index contributed by atoms with van der Waals surface area (Å²) in [6.45, 7) is 0.313. The summed E-state index contributed by atoms with van der Waals surface area (Å²) in [5, 5.41) is 3.32. The van der Waals surface area contributed by atoms with Crippen molar-refractivity contribution in [2.24, 2.45) is 0 Å². The third kappa shape index (κ3) is 3.00. The van der Waals surface area contributed by atoms with Crippen molar-refractivity contribution >= 4 is 33.2 Å². The van der Waals surface area contributed by atoms with Gasteiger partial charge in [-0.3, -0.25) is 0 Å². The van der Waals surface area contributed by atoms with E-state index < -0.39 is 11.6 Å². The number of hydrogen-bond donors (Lipinski definition) is 1. The lowest BCUT2D eigenvalue weighted by Gasteiger charge is -2.09. The Balaban J connectivity index is 2.14. The molecule has 18 heavy (non-hydrogen) atoms. The Morgan fingerprint density at radius 2 is 1.78 bits per heavy atom. The molecule has 94 valence electrons. The lowest BCUT2D eigenvalue weighted by atomic mass is 10.2. The molecule has 1 N–H and O–H groups in total. The average molecular weight is 333 g/mol. The number of nitrogens with one attached hydrogen (secondary N) is 1. The summed E-state index contributed by atoms with van der Waals surface area (Å²) in [5.74, 6) is -1.22. The maximum atomic E-state index is 13.4. The molecule has 0 amide bonds. The number of para-hydroxylation sites is 1. The second-order valence-electron chi connectivity index (χ2n) is 3.70. The molecule has 0 atom stereocenters. The SMILES string of the molecule is Fc1cccc(F)c1NCc1ccc(Cl)c(Br)c1. The Hall–Kier alpha value is -1.13. The van der Waals surface area contributed by atoms with Crippen LogP contribution in [0.3, 0.4) is 0 Å². The highest BCUT2D eigenvalue weighted by Gasteiger charge is 2.07. The Kier molecular flexibility index (Phi) is 4.19. The van der Waals surface area contributed by atoms with Gasteiger partial charge in [-0.15, -0.1) is 0 Å². The van der Waals surface area contributed by atoms with Gasteiger partial charge in [-0.2, -0.15) is 0 Å². The molecule has 0 saturated carbocycles. The molecule has 0 bridgehead atoms. The fourth-order valence-corrected chi connectivity index (χ4v) is 2.05. The van der Waals surface area contributed by atoms with Gasteiger partial charge in [0.15, 0.2) is 0 Å². The average Bonchev–Trinajstić information content (AvgIpc) is 2.33. The largest absolute Gasteiger partial charge is 0.376 e. The molecule has 0 spiro atoms. The molecule has 0 aromatic heterocycles. The third-order valence-corrected chi connectivity index (χ3v) is 3.63. The van der Waals surface area contributed by atoms with Crippen LogP contribution < -0.4 is 5.32 Å². The first-order valence-electron chi connectivity index (χ1n) is 5.20. The summed E-state index contributed by atoms with van der Waals surface area (Å²) in [5.41, 5.74) is 0.748. The molecular weight excluding hydrogens is 324 g/mol. The van der Waals surface area contributed by atoms with E-state index in [4.69, 9.17) is 11.6 Å². The van der Waals surface area contributed by atoms with Crippen LogP contribution in [0.15, 0.2) is 40.9 Å². The summed E-state index contributed by atoms with van der Waals surface area (Å²) in [4.78, 5) is 0. The topological polar surface area (TPSA) is 12.0 Å². The molecule has 0 aliphatic carbocycles. The van der Waals surface area contributed by atoms with Crippen LogP contribution in [0, 0.1) is 11.6 Å². The van der Waals surface area contributed by atoms with Crippen LogP contribution in [0.5, 0.6) is 0 Å². The quantitative estimate of drug-likeness (QED) is 0.834. The Labute approximate surface area is 117 Å². The van der Waals surface area contributed by atoms with Crippen LogP contribution in [-0.2, 0) is 6.54 Å². The summed E-state index contributed by atoms with van der Waals surface area (Å²) < 4.78 is 27.5. The van der Waals surface area contributed by atoms with E-state index in [1.807, 2.05) is 0 Å². The van der Waals surface area contributed by atoms with Crippen molar-refractivity contribution < 1.29 is 8.78 Å². The number of rotatable bonds is 3. The first-order chi connectivity index (χ1) is 8.58. The molecule has 5 heteroatoms. The zero-order valence-electron chi connectivity index (χ0n) is 9.18. The highest BCUT2D eigenvalue weighted by Crippen LogP contribution is 2.24. The van der Waals surface area contributed by atoms with Crippen LogP contribution in [0.4, 0.5) is 14.5 Å². The smallest absolute Gasteiger partial charge is 0.149 e. The number of anilines is 1. The van der Waals surface area contributed by atoms with Crippen molar-refractivity contribution in [1.82, 2.24) is 0 Å². The molecule has 1 nitrogen and oxygen atoms in total. The van der Waals surface area contributed by atoms with E-state index in [1.54, 1.807) is 18.2 Å². The van der Waals surface area contributed by atoms with E-state index in [0.717, 1.165) is 10.0 Å². The van der Waals surface area contributed by atoms with Gasteiger partial charge in [-0.25, -0.2) is 8.78 Å². The summed E-state index contributed by atoms with van der Waals surface area (Å²) >= 11 is 9.15. The Morgan fingerprint density at radius 1 is 1.11 bits per heavy atom. The van der Waals surface area contributed by atoms with Crippen LogP contribution in [0.25, 0.3) is 0 Å². The number of hydrogen-bond acceptors (Lipinski definition) is 1. The zero-order valence-corrected chi connectivity index (χ0v) is 11.5. The molecule has 0 saturated heterocycles. The Morgan fingerprint density at radius 3 is 2.39 bits per heavy atom. The summed E-state index contributed by atoms with van der Waals surface area (Å²) in [6.07, 6.45) is 0. The molecule has 0 aliphatic heterocycles. The molecule has 2 rings (SSSR count). The van der Waals surface area contributed by atoms with Crippen molar-refractivity contribution in [2.45, 2.75) is 6.54 Å². The van der Waals surface area contributed by atoms with Gasteiger partial charge in [0.25, 0.3) is 0 Å². The van der Waals surface area contributed by atoms with Crippen LogP contribution in [-0.4, -0.2) is 0 Å². The molecule has 0 heterocycles. The highest BCUT2D eigenvalue weighted by molar-refractivity contribution is 9.10. The molecule has 0 radical (unpaired) electrons. The van der Waals surface area contributed by atoms with Gasteiger partial charge in [0, 0.05) is 11.0 Å². The zero-order chi connectivity index (χ0) is 13.1. The van der Waals surface area contributed by atoms with Crippen LogP contribution in [0.2, 0.25) is 5.02 Å². The predicted octanol–water partition coefficient (Wildman–Crippen LogP) is 4.99. The van der Waals surface area contributed by atoms with Gasteiger partial charge in [-0.05, 0) is 45.8 Å². The van der Waals surface area contributed by atoms with E-state index in [2.05, 4.69) is 21.2 Å². The molecule has 2 aromatic carbocycles. The number of benzene rings is 2. The van der Waals surface area contributed by atoms with E-state index in [9.17, 15) is 8.78 Å². The second-order valence-corrected chi connectivity index (χ2v) is 4.96. The van der Waals surface area contributed by atoms with Crippen LogP contribution in [0.1, 0.15) is 5.56 Å². The first-order valence-corrected chi connectivity index (χ1v) is 6.37. The van der Waals surface area contributed by atoms with Crippen molar-refractivity contribution in [1.29, 1.82) is 0 Å². The van der Waals surface area contributed by atoms with E-state index in [1.165, 1.54) is 18.2 Å². The van der Waals surface area contributed by atoms with Crippen molar-refractivity contribution in [3.63, 3.8) is 0 Å². The van der Waals surface area contributed by atoms with Gasteiger partial charge in [0.1, 0.15) is 17.3 Å². The van der Waals surface area contributed by atoms with Gasteiger partial charge in [0.2, 0.25) is 0 Å². The standard InChI is InChI=1S/C13H9BrClF2N/c14-9-6-8(4-5-10(9)15)7-18-13-11(16)2-1-3-12(13)17/h1-6,18H,7H2. The summed E-state index contributed by atoms with van der Waals surface area (Å²) in [7, 11) is 0. The van der Waals surface area contributed by atoms with Gasteiger partial charge in [-0.1, -0.05) is 23.7 Å². The van der Waals surface area contributed by atoms with E-state index >= 15 is 0 Å². The summed E-state index contributed by atoms with van der Waals surface area (Å²) in [6, 6.07) is 9.06. The van der Waals surface area contributed by atoms with Crippen molar-refractivity contribution in [3.05, 3.63) is 63.1 Å². The minimum atomic E-state index is -0.608. The van der Waals surface area contributed by atoms with Crippen molar-refractivity contribution in [2.75, 3.05) is 5.32 Å². The van der Waals surface area contributed by atoms with E-state index in [0.29, 0.717) is 11.6 Å². The molecule has 0 fully saturated rings. The lowest BCUT2D eigenvalue weighted by molar-refractivity contribution is 0.588. The second kappa shape index (κ2) is 5.67. The minimum Gasteiger partial charge on any atom is -0.376 e. The fraction of sp³-hybridized carbons (Fsp3) is 0.0769. The maximum Gasteiger partial charge on any atom is 0.149 e. The third-order valence-electron chi connectivity index (χ3n) is 2.42. The maximum absolute atomic E-state index is 13.4. The highest BCUT2D eigenvalue weighted by atomic mass is 79.9. The Bertz CT molecular complexity index is 555. The van der Waals surface area contributed by atoms with Gasteiger partial charge in [0.05, 0.1) is 5.02 Å². The monoisotopic (exact) mass is 331 g/mol. The fourth-order valence-electron chi connectivity index (χ4n) is 1.51. The van der Waals surface area contributed by atoms with E-state index in [-0.39, 0.29) is 5.69 Å². The lowest BCUT2D eigenvalue weighted by Crippen LogP contribution is -2.03. The minimum absolute atomic E-state index is 0.122. The molecule has 0 unspecified atom stereocenters. The van der Waals surface area contributed by atoms with Crippen LogP contribution >= 0.6 is 27.5 Å². The van der Waals surface area contributed by atoms with Crippen molar-refractivity contribution in [3.8, 4) is 0 Å². The normalized spacial score (nSPS) is 10.4. The molecule has 2 aromatic rings. The van der Waals surface area contributed by atoms with Gasteiger partial charge < -0.3 is 5.32 Å². The first kappa shape index (κ1) is 13.3. The molecule has 0 aliphatic rings. The molecular formula is C13H9BrClF2N. The van der Waals surface area contributed by atoms with Gasteiger partial charge >= 0.3 is 0 Å². The predicted molar refractivity (Wildman–Crippen MR) is 72.8 cm³/mol. The number of halogens is 4.